The van der Waals surface area contributed by atoms with Gasteiger partial charge in [0.05, 0.1) is 4.92 Å². The summed E-state index contributed by atoms with van der Waals surface area (Å²) in [5.41, 5.74) is 1.16. The summed E-state index contributed by atoms with van der Waals surface area (Å²) in [7, 11) is -3.69. The number of sulfone groups is 1. The van der Waals surface area contributed by atoms with Crippen LogP contribution in [-0.2, 0) is 9.84 Å². The van der Waals surface area contributed by atoms with Crippen molar-refractivity contribution in [2.24, 2.45) is 0 Å². The summed E-state index contributed by atoms with van der Waals surface area (Å²) >= 11 is 0. The molecule has 1 aliphatic heterocycles. The fourth-order valence-corrected chi connectivity index (χ4v) is 4.11. The van der Waals surface area contributed by atoms with Gasteiger partial charge in [-0.05, 0) is 44.0 Å². The number of nitrogens with one attached hydrogen (secondary N) is 1. The highest BCUT2D eigenvalue weighted by Crippen LogP contribution is 2.28. The number of nitro benzene ring substituents is 1. The zero-order valence-corrected chi connectivity index (χ0v) is 16.1. The van der Waals surface area contributed by atoms with Gasteiger partial charge in [0.1, 0.15) is 10.7 Å². The molecule has 2 aromatic rings. The first-order valence-electron chi connectivity index (χ1n) is 8.67. The van der Waals surface area contributed by atoms with Crippen molar-refractivity contribution in [1.29, 1.82) is 0 Å². The Morgan fingerprint density at radius 3 is 2.52 bits per heavy atom. The molecule has 144 valence electrons. The van der Waals surface area contributed by atoms with E-state index in [1.165, 1.54) is 12.1 Å². The Labute approximate surface area is 158 Å². The summed E-state index contributed by atoms with van der Waals surface area (Å²) in [5.74, 6) is 0.961. The number of pyridine rings is 1. The fourth-order valence-electron chi connectivity index (χ4n) is 3.25. The molecule has 0 unspecified atom stereocenters. The Bertz CT molecular complexity index is 954. The van der Waals surface area contributed by atoms with Crippen LogP contribution >= 0.6 is 0 Å². The van der Waals surface area contributed by atoms with E-state index in [4.69, 9.17) is 0 Å². The monoisotopic (exact) mass is 390 g/mol. The first-order valence-corrected chi connectivity index (χ1v) is 10.6. The van der Waals surface area contributed by atoms with Crippen LogP contribution in [0.4, 0.5) is 17.2 Å². The van der Waals surface area contributed by atoms with E-state index in [0.717, 1.165) is 43.7 Å². The van der Waals surface area contributed by atoms with Crippen molar-refractivity contribution in [3.8, 4) is 0 Å². The molecule has 1 N–H and O–H groups in total. The van der Waals surface area contributed by atoms with Crippen LogP contribution in [0.15, 0.2) is 41.3 Å². The number of anilines is 2. The van der Waals surface area contributed by atoms with Gasteiger partial charge in [-0.2, -0.15) is 0 Å². The number of piperidine rings is 1. The van der Waals surface area contributed by atoms with Crippen molar-refractivity contribution in [2.75, 3.05) is 29.6 Å². The lowest BCUT2D eigenvalue weighted by Crippen LogP contribution is -2.39. The number of aromatic nitrogens is 1. The minimum atomic E-state index is -3.69. The maximum atomic E-state index is 11.9. The van der Waals surface area contributed by atoms with Crippen LogP contribution < -0.4 is 10.2 Å². The number of hydrogen-bond acceptors (Lipinski definition) is 7. The predicted octanol–water partition coefficient (Wildman–Crippen LogP) is 2.78. The van der Waals surface area contributed by atoms with E-state index >= 15 is 0 Å². The standard InChI is InChI=1S/C18H22N4O4S/c1-13-4-3-5-18(19-13)21-10-8-14(9-11-21)20-15-6-7-16(22(23)24)17(12-15)27(2,25)26/h3-7,12,14,20H,8-11H2,1-2H3. The molecule has 1 fully saturated rings. The Hall–Kier alpha value is -2.68. The van der Waals surface area contributed by atoms with Crippen molar-refractivity contribution in [2.45, 2.75) is 30.7 Å². The quantitative estimate of drug-likeness (QED) is 0.618. The Morgan fingerprint density at radius 2 is 1.93 bits per heavy atom. The molecule has 2 heterocycles. The summed E-state index contributed by atoms with van der Waals surface area (Å²) in [6, 6.07) is 10.3. The molecule has 0 atom stereocenters. The normalized spacial score (nSPS) is 15.6. The molecule has 1 saturated heterocycles. The average molecular weight is 390 g/mol. The molecule has 1 aromatic carbocycles. The molecule has 8 nitrogen and oxygen atoms in total. The van der Waals surface area contributed by atoms with Crippen LogP contribution in [0, 0.1) is 17.0 Å². The van der Waals surface area contributed by atoms with E-state index in [1.54, 1.807) is 6.07 Å². The summed E-state index contributed by atoms with van der Waals surface area (Å²) in [6.07, 6.45) is 2.70. The SMILES string of the molecule is Cc1cccc(N2CCC(Nc3ccc([N+](=O)[O-])c(S(C)(=O)=O)c3)CC2)n1. The molecule has 1 aromatic heterocycles. The van der Waals surface area contributed by atoms with E-state index in [-0.39, 0.29) is 10.9 Å². The molecule has 9 heteroatoms. The van der Waals surface area contributed by atoms with Crippen LogP contribution in [0.3, 0.4) is 0 Å². The minimum absolute atomic E-state index is 0.167. The third-order valence-corrected chi connectivity index (χ3v) is 5.75. The second-order valence-electron chi connectivity index (χ2n) is 6.75. The average Bonchev–Trinajstić information content (AvgIpc) is 2.61. The van der Waals surface area contributed by atoms with Crippen LogP contribution in [0.25, 0.3) is 0 Å². The number of benzene rings is 1. The molecule has 0 amide bonds. The van der Waals surface area contributed by atoms with Gasteiger partial charge in [0.15, 0.2) is 9.84 Å². The number of rotatable bonds is 5. The van der Waals surface area contributed by atoms with Crippen molar-refractivity contribution < 1.29 is 13.3 Å². The highest BCUT2D eigenvalue weighted by molar-refractivity contribution is 7.90. The molecule has 1 aliphatic rings. The van der Waals surface area contributed by atoms with E-state index < -0.39 is 20.4 Å². The Morgan fingerprint density at radius 1 is 1.22 bits per heavy atom. The Balaban J connectivity index is 1.69. The lowest BCUT2D eigenvalue weighted by atomic mass is 10.0. The number of nitro groups is 1. The maximum absolute atomic E-state index is 11.9. The third kappa shape index (κ3) is 4.54. The molecule has 0 bridgehead atoms. The van der Waals surface area contributed by atoms with Gasteiger partial charge in [0.25, 0.3) is 5.69 Å². The van der Waals surface area contributed by atoms with Crippen LogP contribution in [0.2, 0.25) is 0 Å². The fraction of sp³-hybridized carbons (Fsp3) is 0.389. The highest BCUT2D eigenvalue weighted by atomic mass is 32.2. The lowest BCUT2D eigenvalue weighted by Gasteiger charge is -2.33. The highest BCUT2D eigenvalue weighted by Gasteiger charge is 2.24. The maximum Gasteiger partial charge on any atom is 0.288 e. The molecule has 0 saturated carbocycles. The van der Waals surface area contributed by atoms with E-state index in [9.17, 15) is 18.5 Å². The molecule has 0 radical (unpaired) electrons. The molecule has 27 heavy (non-hydrogen) atoms. The van der Waals surface area contributed by atoms with Gasteiger partial charge < -0.3 is 10.2 Å². The van der Waals surface area contributed by atoms with Gasteiger partial charge >= 0.3 is 0 Å². The lowest BCUT2D eigenvalue weighted by molar-refractivity contribution is -0.387. The van der Waals surface area contributed by atoms with Crippen molar-refractivity contribution in [3.63, 3.8) is 0 Å². The summed E-state index contributed by atoms with van der Waals surface area (Å²) in [5, 5.41) is 14.4. The number of hydrogen-bond donors (Lipinski definition) is 1. The molecule has 0 aliphatic carbocycles. The van der Waals surface area contributed by atoms with Gasteiger partial charge in [0.2, 0.25) is 0 Å². The number of nitrogens with zero attached hydrogens (tertiary/aromatic N) is 3. The van der Waals surface area contributed by atoms with Crippen molar-refractivity contribution in [1.82, 2.24) is 4.98 Å². The summed E-state index contributed by atoms with van der Waals surface area (Å²) in [4.78, 5) is 16.9. The van der Waals surface area contributed by atoms with Crippen LogP contribution in [0.5, 0.6) is 0 Å². The largest absolute Gasteiger partial charge is 0.382 e. The smallest absolute Gasteiger partial charge is 0.288 e. The van der Waals surface area contributed by atoms with Gasteiger partial charge in [-0.3, -0.25) is 10.1 Å². The zero-order chi connectivity index (χ0) is 19.6. The second kappa shape index (κ2) is 7.51. The van der Waals surface area contributed by atoms with Gasteiger partial charge in [-0.25, -0.2) is 13.4 Å². The van der Waals surface area contributed by atoms with Crippen LogP contribution in [-0.4, -0.2) is 43.7 Å². The number of aryl methyl sites for hydroxylation is 1. The zero-order valence-electron chi connectivity index (χ0n) is 15.3. The van der Waals surface area contributed by atoms with Gasteiger partial charge in [-0.1, -0.05) is 6.07 Å². The van der Waals surface area contributed by atoms with Gasteiger partial charge in [-0.15, -0.1) is 0 Å². The minimum Gasteiger partial charge on any atom is -0.382 e. The first-order chi connectivity index (χ1) is 12.7. The van der Waals surface area contributed by atoms with E-state index in [2.05, 4.69) is 15.2 Å². The van der Waals surface area contributed by atoms with Crippen molar-refractivity contribution >= 4 is 27.0 Å². The van der Waals surface area contributed by atoms with Gasteiger partial charge in [0, 0.05) is 42.8 Å². The molecular weight excluding hydrogens is 368 g/mol. The Kier molecular flexibility index (Phi) is 5.31. The predicted molar refractivity (Wildman–Crippen MR) is 104 cm³/mol. The molecule has 0 spiro atoms. The first kappa shape index (κ1) is 19.1. The van der Waals surface area contributed by atoms with Crippen molar-refractivity contribution in [3.05, 3.63) is 52.2 Å². The summed E-state index contributed by atoms with van der Waals surface area (Å²) < 4.78 is 23.8. The third-order valence-electron chi connectivity index (χ3n) is 4.62. The van der Waals surface area contributed by atoms with E-state index in [0.29, 0.717) is 5.69 Å². The van der Waals surface area contributed by atoms with Crippen LogP contribution in [0.1, 0.15) is 18.5 Å². The summed E-state index contributed by atoms with van der Waals surface area (Å²) in [6.45, 7) is 3.63. The second-order valence-corrected chi connectivity index (χ2v) is 8.74. The molecule has 3 rings (SSSR count). The van der Waals surface area contributed by atoms with E-state index in [1.807, 2.05) is 25.1 Å². The molecular formula is C18H22N4O4S. The topological polar surface area (TPSA) is 105 Å².